The third-order valence-corrected chi connectivity index (χ3v) is 2.90. The molecule has 0 unspecified atom stereocenters. The fourth-order valence-corrected chi connectivity index (χ4v) is 1.86. The van der Waals surface area contributed by atoms with E-state index in [0.717, 1.165) is 11.3 Å². The van der Waals surface area contributed by atoms with E-state index in [0.29, 0.717) is 13.2 Å². The number of benzene rings is 2. The molecule has 0 spiro atoms. The smallest absolute Gasteiger partial charge is 0.130 e. The maximum absolute atomic E-state index is 13.4. The Bertz CT molecular complexity index is 552. The fraction of sp³-hybridized carbons (Fsp3) is 0.250. The normalized spacial score (nSPS) is 10.6. The SMILES string of the molecule is Cc1cccc(OCCNCc2c(F)cccc2F)c1. The van der Waals surface area contributed by atoms with Crippen LogP contribution >= 0.6 is 0 Å². The second-order valence-electron chi connectivity index (χ2n) is 4.54. The van der Waals surface area contributed by atoms with E-state index in [1.54, 1.807) is 0 Å². The molecular formula is C16H17F2NO. The zero-order valence-corrected chi connectivity index (χ0v) is 11.3. The summed E-state index contributed by atoms with van der Waals surface area (Å²) in [6, 6.07) is 11.6. The largest absolute Gasteiger partial charge is 0.492 e. The van der Waals surface area contributed by atoms with Gasteiger partial charge in [-0.25, -0.2) is 8.78 Å². The van der Waals surface area contributed by atoms with Crippen molar-refractivity contribution >= 4 is 0 Å². The quantitative estimate of drug-likeness (QED) is 0.817. The minimum absolute atomic E-state index is 0.0584. The second kappa shape index (κ2) is 7.01. The summed E-state index contributed by atoms with van der Waals surface area (Å²) < 4.78 is 32.3. The highest BCUT2D eigenvalue weighted by Crippen LogP contribution is 2.12. The van der Waals surface area contributed by atoms with Gasteiger partial charge in [-0.1, -0.05) is 18.2 Å². The van der Waals surface area contributed by atoms with Crippen LogP contribution in [0.2, 0.25) is 0 Å². The molecule has 0 saturated carbocycles. The third-order valence-electron chi connectivity index (χ3n) is 2.90. The molecule has 0 saturated heterocycles. The standard InChI is InChI=1S/C16H17F2NO/c1-12-4-2-5-13(10-12)20-9-8-19-11-14-15(17)6-3-7-16(14)18/h2-7,10,19H,8-9,11H2,1H3. The van der Waals surface area contributed by atoms with Gasteiger partial charge in [0.2, 0.25) is 0 Å². The lowest BCUT2D eigenvalue weighted by molar-refractivity contribution is 0.312. The molecule has 0 aliphatic rings. The molecule has 1 N–H and O–H groups in total. The molecule has 0 fully saturated rings. The Labute approximate surface area is 117 Å². The van der Waals surface area contributed by atoms with Crippen LogP contribution in [-0.4, -0.2) is 13.2 Å². The number of halogens is 2. The molecule has 2 aromatic carbocycles. The molecular weight excluding hydrogens is 260 g/mol. The summed E-state index contributed by atoms with van der Waals surface area (Å²) in [5, 5.41) is 2.96. The average Bonchev–Trinajstić information content (AvgIpc) is 2.41. The highest BCUT2D eigenvalue weighted by atomic mass is 19.1. The summed E-state index contributed by atoms with van der Waals surface area (Å²) in [6.45, 7) is 3.10. The van der Waals surface area contributed by atoms with E-state index in [1.807, 2.05) is 31.2 Å². The zero-order chi connectivity index (χ0) is 14.4. The van der Waals surface area contributed by atoms with Crippen LogP contribution in [0.25, 0.3) is 0 Å². The molecule has 2 rings (SSSR count). The molecule has 0 heterocycles. The molecule has 0 atom stereocenters. The molecule has 106 valence electrons. The number of hydrogen-bond acceptors (Lipinski definition) is 2. The number of rotatable bonds is 6. The van der Waals surface area contributed by atoms with Crippen molar-refractivity contribution in [1.82, 2.24) is 5.32 Å². The highest BCUT2D eigenvalue weighted by Gasteiger charge is 2.07. The minimum atomic E-state index is -0.530. The van der Waals surface area contributed by atoms with Crippen molar-refractivity contribution in [3.05, 3.63) is 65.2 Å². The maximum Gasteiger partial charge on any atom is 0.130 e. The van der Waals surface area contributed by atoms with E-state index in [2.05, 4.69) is 5.32 Å². The van der Waals surface area contributed by atoms with Gasteiger partial charge in [0, 0.05) is 18.7 Å². The van der Waals surface area contributed by atoms with E-state index < -0.39 is 11.6 Å². The van der Waals surface area contributed by atoms with E-state index >= 15 is 0 Å². The van der Waals surface area contributed by atoms with Crippen molar-refractivity contribution in [2.24, 2.45) is 0 Å². The Kier molecular flexibility index (Phi) is 5.07. The summed E-state index contributed by atoms with van der Waals surface area (Å²) in [5.74, 6) is -0.266. The lowest BCUT2D eigenvalue weighted by atomic mass is 10.2. The van der Waals surface area contributed by atoms with Crippen LogP contribution in [0.5, 0.6) is 5.75 Å². The molecule has 0 amide bonds. The average molecular weight is 277 g/mol. The van der Waals surface area contributed by atoms with Gasteiger partial charge in [-0.15, -0.1) is 0 Å². The maximum atomic E-state index is 13.4. The van der Waals surface area contributed by atoms with Crippen LogP contribution in [0.4, 0.5) is 8.78 Å². The van der Waals surface area contributed by atoms with Gasteiger partial charge >= 0.3 is 0 Å². The Morgan fingerprint density at radius 2 is 1.75 bits per heavy atom. The number of nitrogens with one attached hydrogen (secondary N) is 1. The summed E-state index contributed by atoms with van der Waals surface area (Å²) in [4.78, 5) is 0. The molecule has 20 heavy (non-hydrogen) atoms. The van der Waals surface area contributed by atoms with Crippen molar-refractivity contribution in [1.29, 1.82) is 0 Å². The van der Waals surface area contributed by atoms with Crippen LogP contribution in [0.1, 0.15) is 11.1 Å². The van der Waals surface area contributed by atoms with Crippen LogP contribution in [0, 0.1) is 18.6 Å². The second-order valence-corrected chi connectivity index (χ2v) is 4.54. The monoisotopic (exact) mass is 277 g/mol. The summed E-state index contributed by atoms with van der Waals surface area (Å²) in [7, 11) is 0. The van der Waals surface area contributed by atoms with E-state index in [9.17, 15) is 8.78 Å². The van der Waals surface area contributed by atoms with Crippen LogP contribution in [-0.2, 0) is 6.54 Å². The van der Waals surface area contributed by atoms with Crippen molar-refractivity contribution in [2.75, 3.05) is 13.2 Å². The van der Waals surface area contributed by atoms with Crippen molar-refractivity contribution in [3.8, 4) is 5.75 Å². The predicted molar refractivity (Wildman–Crippen MR) is 74.7 cm³/mol. The van der Waals surface area contributed by atoms with Gasteiger partial charge in [-0.05, 0) is 36.8 Å². The fourth-order valence-electron chi connectivity index (χ4n) is 1.86. The van der Waals surface area contributed by atoms with Gasteiger partial charge < -0.3 is 10.1 Å². The van der Waals surface area contributed by atoms with Crippen LogP contribution < -0.4 is 10.1 Å². The molecule has 2 aromatic rings. The Hall–Kier alpha value is -1.94. The van der Waals surface area contributed by atoms with Gasteiger partial charge in [-0.3, -0.25) is 0 Å². The highest BCUT2D eigenvalue weighted by molar-refractivity contribution is 5.27. The topological polar surface area (TPSA) is 21.3 Å². The first-order valence-corrected chi connectivity index (χ1v) is 6.50. The molecule has 0 bridgehead atoms. The first kappa shape index (κ1) is 14.5. The number of aryl methyl sites for hydroxylation is 1. The lowest BCUT2D eigenvalue weighted by Gasteiger charge is -2.09. The molecule has 0 aliphatic carbocycles. The molecule has 2 nitrogen and oxygen atoms in total. The summed E-state index contributed by atoms with van der Waals surface area (Å²) in [6.07, 6.45) is 0. The van der Waals surface area contributed by atoms with Gasteiger partial charge in [0.15, 0.2) is 0 Å². The zero-order valence-electron chi connectivity index (χ0n) is 11.3. The number of ether oxygens (including phenoxy) is 1. The third kappa shape index (κ3) is 4.03. The van der Waals surface area contributed by atoms with E-state index in [4.69, 9.17) is 4.74 Å². The van der Waals surface area contributed by atoms with Gasteiger partial charge in [-0.2, -0.15) is 0 Å². The van der Waals surface area contributed by atoms with Gasteiger partial charge in [0.1, 0.15) is 24.0 Å². The molecule has 0 radical (unpaired) electrons. The Morgan fingerprint density at radius 3 is 2.45 bits per heavy atom. The molecule has 0 aliphatic heterocycles. The summed E-state index contributed by atoms with van der Waals surface area (Å²) in [5.41, 5.74) is 1.19. The predicted octanol–water partition coefficient (Wildman–Crippen LogP) is 3.44. The lowest BCUT2D eigenvalue weighted by Crippen LogP contribution is -2.21. The van der Waals surface area contributed by atoms with Crippen molar-refractivity contribution < 1.29 is 13.5 Å². The van der Waals surface area contributed by atoms with Gasteiger partial charge in [0.05, 0.1) is 0 Å². The molecule has 4 heteroatoms. The van der Waals surface area contributed by atoms with Gasteiger partial charge in [0.25, 0.3) is 0 Å². The molecule has 0 aromatic heterocycles. The van der Waals surface area contributed by atoms with E-state index in [1.165, 1.54) is 18.2 Å². The Morgan fingerprint density at radius 1 is 1.05 bits per heavy atom. The number of hydrogen-bond donors (Lipinski definition) is 1. The first-order chi connectivity index (χ1) is 9.66. The van der Waals surface area contributed by atoms with Crippen LogP contribution in [0.3, 0.4) is 0 Å². The first-order valence-electron chi connectivity index (χ1n) is 6.50. The minimum Gasteiger partial charge on any atom is -0.492 e. The summed E-state index contributed by atoms with van der Waals surface area (Å²) >= 11 is 0. The van der Waals surface area contributed by atoms with Crippen LogP contribution in [0.15, 0.2) is 42.5 Å². The van der Waals surface area contributed by atoms with E-state index in [-0.39, 0.29) is 12.1 Å². The van der Waals surface area contributed by atoms with Crippen molar-refractivity contribution in [2.45, 2.75) is 13.5 Å². The Balaban J connectivity index is 1.74. The van der Waals surface area contributed by atoms with Crippen molar-refractivity contribution in [3.63, 3.8) is 0 Å².